The van der Waals surface area contributed by atoms with Crippen LogP contribution in [-0.2, 0) is 4.79 Å². The molecule has 6 nitrogen and oxygen atoms in total. The van der Waals surface area contributed by atoms with E-state index in [1.807, 2.05) is 4.90 Å². The summed E-state index contributed by atoms with van der Waals surface area (Å²) >= 11 is 0. The van der Waals surface area contributed by atoms with Gasteiger partial charge in [0.2, 0.25) is 5.91 Å². The van der Waals surface area contributed by atoms with Crippen molar-refractivity contribution in [1.82, 2.24) is 20.4 Å². The number of carbonyl (C=O) groups is 2. The lowest BCUT2D eigenvalue weighted by atomic mass is 9.96. The molecule has 2 N–H and O–H groups in total. The van der Waals surface area contributed by atoms with Crippen LogP contribution in [0.5, 0.6) is 0 Å². The molecule has 7 heteroatoms. The number of likely N-dealkylation sites (N-methyl/N-ethyl adjacent to an activating group) is 1. The average Bonchev–Trinajstić information content (AvgIpc) is 2.44. The lowest BCUT2D eigenvalue weighted by Crippen LogP contribution is -2.47. The number of likely N-dealkylation sites (tertiary alicyclic amines) is 1. The van der Waals surface area contributed by atoms with Crippen molar-refractivity contribution >= 4 is 24.3 Å². The average molecular weight is 321 g/mol. The first-order chi connectivity index (χ1) is 9.45. The fourth-order valence-electron chi connectivity index (χ4n) is 2.43. The van der Waals surface area contributed by atoms with Crippen LogP contribution in [0.4, 0.5) is 4.79 Å². The number of hydrogen-bond donors (Lipinski definition) is 2. The van der Waals surface area contributed by atoms with Gasteiger partial charge in [-0.05, 0) is 26.3 Å². The predicted molar refractivity (Wildman–Crippen MR) is 86.8 cm³/mol. The Morgan fingerprint density at radius 1 is 1.29 bits per heavy atom. The lowest BCUT2D eigenvalue weighted by Gasteiger charge is -2.33. The van der Waals surface area contributed by atoms with Crippen LogP contribution in [0.3, 0.4) is 0 Å². The van der Waals surface area contributed by atoms with Crippen LogP contribution in [0.1, 0.15) is 26.7 Å². The quantitative estimate of drug-likeness (QED) is 0.791. The van der Waals surface area contributed by atoms with Gasteiger partial charge in [-0.15, -0.1) is 12.4 Å². The zero-order chi connectivity index (χ0) is 15.1. The van der Waals surface area contributed by atoms with E-state index in [0.29, 0.717) is 25.7 Å². The minimum Gasteiger partial charge on any atom is -0.354 e. The maximum Gasteiger partial charge on any atom is 0.319 e. The largest absolute Gasteiger partial charge is 0.354 e. The molecule has 0 spiro atoms. The molecule has 0 aromatic heterocycles. The Labute approximate surface area is 134 Å². The van der Waals surface area contributed by atoms with Gasteiger partial charge in [-0.3, -0.25) is 4.79 Å². The number of nitrogens with one attached hydrogen (secondary N) is 2. The minimum atomic E-state index is 0. The predicted octanol–water partition coefficient (Wildman–Crippen LogP) is 0.916. The molecule has 1 heterocycles. The molecule has 0 saturated carbocycles. The van der Waals surface area contributed by atoms with Crippen molar-refractivity contribution in [3.63, 3.8) is 0 Å². The summed E-state index contributed by atoms with van der Waals surface area (Å²) in [7, 11) is 3.51. The van der Waals surface area contributed by atoms with Crippen molar-refractivity contribution in [2.45, 2.75) is 32.7 Å². The third-order valence-corrected chi connectivity index (χ3v) is 3.65. The summed E-state index contributed by atoms with van der Waals surface area (Å²) in [6.45, 7) is 7.00. The van der Waals surface area contributed by atoms with Gasteiger partial charge < -0.3 is 20.4 Å². The van der Waals surface area contributed by atoms with Crippen LogP contribution in [-0.4, -0.2) is 68.1 Å². The Balaban J connectivity index is 0.00000400. The zero-order valence-electron chi connectivity index (χ0n) is 13.5. The van der Waals surface area contributed by atoms with E-state index in [0.717, 1.165) is 19.4 Å². The molecule has 21 heavy (non-hydrogen) atoms. The smallest absolute Gasteiger partial charge is 0.319 e. The lowest BCUT2D eigenvalue weighted by molar-refractivity contribution is -0.126. The van der Waals surface area contributed by atoms with Gasteiger partial charge in [0.15, 0.2) is 0 Å². The maximum atomic E-state index is 12.1. The summed E-state index contributed by atoms with van der Waals surface area (Å²) in [4.78, 5) is 27.3. The van der Waals surface area contributed by atoms with E-state index in [9.17, 15) is 9.59 Å². The number of rotatable bonds is 5. The van der Waals surface area contributed by atoms with E-state index in [-0.39, 0.29) is 30.3 Å². The molecule has 0 aliphatic carbocycles. The highest BCUT2D eigenvalue weighted by Crippen LogP contribution is 2.18. The first-order valence-electron chi connectivity index (χ1n) is 7.43. The van der Waals surface area contributed by atoms with Crippen molar-refractivity contribution in [1.29, 1.82) is 0 Å². The van der Waals surface area contributed by atoms with Gasteiger partial charge in [-0.1, -0.05) is 6.92 Å². The molecule has 1 atom stereocenters. The van der Waals surface area contributed by atoms with Crippen LogP contribution < -0.4 is 10.6 Å². The fourth-order valence-corrected chi connectivity index (χ4v) is 2.43. The SMILES string of the molecule is CCN[C@H](C)CNC(=O)C1CCN(C(=O)N(C)C)CC1.Cl. The van der Waals surface area contributed by atoms with E-state index in [4.69, 9.17) is 0 Å². The second kappa shape index (κ2) is 9.84. The van der Waals surface area contributed by atoms with Gasteiger partial charge in [0.1, 0.15) is 0 Å². The Morgan fingerprint density at radius 3 is 2.33 bits per heavy atom. The Hall–Kier alpha value is -1.01. The zero-order valence-corrected chi connectivity index (χ0v) is 14.3. The summed E-state index contributed by atoms with van der Waals surface area (Å²) in [5.41, 5.74) is 0. The van der Waals surface area contributed by atoms with Crippen LogP contribution in [0.15, 0.2) is 0 Å². The molecule has 1 fully saturated rings. The summed E-state index contributed by atoms with van der Waals surface area (Å²) in [6.07, 6.45) is 1.50. The van der Waals surface area contributed by atoms with Crippen molar-refractivity contribution in [3.05, 3.63) is 0 Å². The molecule has 0 unspecified atom stereocenters. The van der Waals surface area contributed by atoms with Crippen LogP contribution >= 0.6 is 12.4 Å². The minimum absolute atomic E-state index is 0. The maximum absolute atomic E-state index is 12.1. The summed E-state index contributed by atoms with van der Waals surface area (Å²) in [5, 5.41) is 6.25. The number of hydrogen-bond acceptors (Lipinski definition) is 3. The van der Waals surface area contributed by atoms with Crippen LogP contribution in [0.25, 0.3) is 0 Å². The first-order valence-corrected chi connectivity index (χ1v) is 7.43. The number of piperidine rings is 1. The normalized spacial score (nSPS) is 16.9. The number of halogens is 1. The second-order valence-electron chi connectivity index (χ2n) is 5.64. The highest BCUT2D eigenvalue weighted by atomic mass is 35.5. The van der Waals surface area contributed by atoms with E-state index < -0.39 is 0 Å². The number of amides is 3. The topological polar surface area (TPSA) is 64.7 Å². The molecule has 1 rings (SSSR count). The van der Waals surface area contributed by atoms with Crippen molar-refractivity contribution in [2.75, 3.05) is 40.3 Å². The van der Waals surface area contributed by atoms with E-state index in [2.05, 4.69) is 24.5 Å². The van der Waals surface area contributed by atoms with E-state index in [1.54, 1.807) is 19.0 Å². The van der Waals surface area contributed by atoms with Gasteiger partial charge in [0.25, 0.3) is 0 Å². The molecule has 3 amide bonds. The molecular formula is C14H29ClN4O2. The van der Waals surface area contributed by atoms with E-state index >= 15 is 0 Å². The molecule has 1 aliphatic heterocycles. The summed E-state index contributed by atoms with van der Waals surface area (Å²) in [6, 6.07) is 0.323. The summed E-state index contributed by atoms with van der Waals surface area (Å²) < 4.78 is 0. The van der Waals surface area contributed by atoms with Gasteiger partial charge in [-0.25, -0.2) is 4.79 Å². The third kappa shape index (κ3) is 6.52. The molecule has 0 radical (unpaired) electrons. The van der Waals surface area contributed by atoms with E-state index in [1.165, 1.54) is 0 Å². The molecular weight excluding hydrogens is 292 g/mol. The van der Waals surface area contributed by atoms with Gasteiger partial charge in [0, 0.05) is 45.7 Å². The number of urea groups is 1. The highest BCUT2D eigenvalue weighted by Gasteiger charge is 2.27. The molecule has 0 aromatic rings. The van der Waals surface area contributed by atoms with Crippen molar-refractivity contribution in [2.24, 2.45) is 5.92 Å². The standard InChI is InChI=1S/C14H28N4O2.ClH/c1-5-15-11(2)10-16-13(19)12-6-8-18(9-7-12)14(20)17(3)4;/h11-12,15H,5-10H2,1-4H3,(H,16,19);1H/t11-;/m1./s1. The second-order valence-corrected chi connectivity index (χ2v) is 5.64. The van der Waals surface area contributed by atoms with Crippen molar-refractivity contribution < 1.29 is 9.59 Å². The molecule has 124 valence electrons. The monoisotopic (exact) mass is 320 g/mol. The van der Waals surface area contributed by atoms with Gasteiger partial charge in [-0.2, -0.15) is 0 Å². The fraction of sp³-hybridized carbons (Fsp3) is 0.857. The summed E-state index contributed by atoms with van der Waals surface area (Å²) in [5.74, 6) is 0.154. The van der Waals surface area contributed by atoms with Crippen LogP contribution in [0.2, 0.25) is 0 Å². The third-order valence-electron chi connectivity index (χ3n) is 3.65. The van der Waals surface area contributed by atoms with Gasteiger partial charge in [0.05, 0.1) is 0 Å². The molecule has 1 saturated heterocycles. The Bertz CT molecular complexity index is 331. The number of carbonyl (C=O) groups excluding carboxylic acids is 2. The molecule has 1 aliphatic rings. The first kappa shape index (κ1) is 20.0. The Morgan fingerprint density at radius 2 is 1.86 bits per heavy atom. The van der Waals surface area contributed by atoms with Crippen molar-refractivity contribution in [3.8, 4) is 0 Å². The molecule has 0 bridgehead atoms. The Kier molecular flexibility index (Phi) is 9.37. The molecule has 0 aromatic carbocycles. The van der Waals surface area contributed by atoms with Crippen LogP contribution in [0, 0.1) is 5.92 Å². The van der Waals surface area contributed by atoms with Gasteiger partial charge >= 0.3 is 6.03 Å². The highest BCUT2D eigenvalue weighted by molar-refractivity contribution is 5.85. The number of nitrogens with zero attached hydrogens (tertiary/aromatic N) is 2.